The van der Waals surface area contributed by atoms with Crippen molar-refractivity contribution in [2.24, 2.45) is 0 Å². The molecule has 7 nitrogen and oxygen atoms in total. The molecule has 2 N–H and O–H groups in total. The lowest BCUT2D eigenvalue weighted by Gasteiger charge is -2.20. The van der Waals surface area contributed by atoms with Gasteiger partial charge in [0.2, 0.25) is 5.89 Å². The average molecular weight is 280 g/mol. The van der Waals surface area contributed by atoms with Crippen molar-refractivity contribution in [3.63, 3.8) is 0 Å². The molecule has 0 saturated carbocycles. The van der Waals surface area contributed by atoms with Crippen molar-refractivity contribution < 1.29 is 14.0 Å². The Balaban J connectivity index is 1.91. The molecule has 2 amide bonds. The van der Waals surface area contributed by atoms with Crippen LogP contribution in [0.4, 0.5) is 0 Å². The molecule has 20 heavy (non-hydrogen) atoms. The van der Waals surface area contributed by atoms with Crippen LogP contribution in [-0.2, 0) is 9.59 Å². The van der Waals surface area contributed by atoms with Crippen LogP contribution in [0.5, 0.6) is 0 Å². The summed E-state index contributed by atoms with van der Waals surface area (Å²) in [6, 6.07) is -0.426. The molecule has 1 saturated heterocycles. The predicted octanol–water partition coefficient (Wildman–Crippen LogP) is -0.0179. The van der Waals surface area contributed by atoms with Crippen LogP contribution in [0.1, 0.15) is 31.0 Å². The summed E-state index contributed by atoms with van der Waals surface area (Å²) >= 11 is 0. The van der Waals surface area contributed by atoms with Crippen molar-refractivity contribution in [3.8, 4) is 0 Å². The van der Waals surface area contributed by atoms with Crippen molar-refractivity contribution in [1.29, 1.82) is 0 Å². The molecule has 0 radical (unpaired) electrons. The van der Waals surface area contributed by atoms with E-state index < -0.39 is 17.9 Å². The molecule has 0 spiro atoms. The number of carbonyl (C=O) groups excluding carboxylic acids is 2. The van der Waals surface area contributed by atoms with Crippen molar-refractivity contribution in [2.75, 3.05) is 26.2 Å². The van der Waals surface area contributed by atoms with Crippen LogP contribution in [0.15, 0.2) is 10.6 Å². The van der Waals surface area contributed by atoms with Gasteiger partial charge in [0.25, 0.3) is 0 Å². The van der Waals surface area contributed by atoms with Crippen molar-refractivity contribution in [1.82, 2.24) is 20.5 Å². The van der Waals surface area contributed by atoms with E-state index in [9.17, 15) is 9.59 Å². The highest BCUT2D eigenvalue weighted by Crippen LogP contribution is 2.11. The molecule has 1 unspecified atom stereocenters. The number of amides is 2. The smallest absolute Gasteiger partial charge is 0.311 e. The minimum absolute atomic E-state index is 0.404. The number of oxazole rings is 1. The third kappa shape index (κ3) is 3.57. The fourth-order valence-electron chi connectivity index (χ4n) is 2.08. The van der Waals surface area contributed by atoms with E-state index in [1.807, 2.05) is 0 Å². The quantitative estimate of drug-likeness (QED) is 0.744. The molecule has 1 aliphatic rings. The third-order valence-corrected chi connectivity index (χ3v) is 3.18. The second kappa shape index (κ2) is 6.51. The van der Waals surface area contributed by atoms with Gasteiger partial charge in [-0.15, -0.1) is 0 Å². The van der Waals surface area contributed by atoms with Gasteiger partial charge in [-0.05, 0) is 26.8 Å². The minimum Gasteiger partial charge on any atom is -0.444 e. The Morgan fingerprint density at radius 1 is 1.45 bits per heavy atom. The molecule has 2 heterocycles. The summed E-state index contributed by atoms with van der Waals surface area (Å²) < 4.78 is 5.33. The Labute approximate surface area is 117 Å². The highest BCUT2D eigenvalue weighted by molar-refractivity contribution is 6.35. The first-order chi connectivity index (χ1) is 9.58. The van der Waals surface area contributed by atoms with Crippen LogP contribution in [0.25, 0.3) is 0 Å². The Kier molecular flexibility index (Phi) is 4.73. The fourth-order valence-corrected chi connectivity index (χ4v) is 2.08. The maximum absolute atomic E-state index is 12.1. The molecule has 1 aliphatic heterocycles. The third-order valence-electron chi connectivity index (χ3n) is 3.18. The van der Waals surface area contributed by atoms with Crippen molar-refractivity contribution in [3.05, 3.63) is 17.8 Å². The van der Waals surface area contributed by atoms with Gasteiger partial charge in [-0.2, -0.15) is 0 Å². The zero-order chi connectivity index (χ0) is 14.5. The fraction of sp³-hybridized carbons (Fsp3) is 0.615. The lowest BCUT2D eigenvalue weighted by atomic mass is 10.3. The summed E-state index contributed by atoms with van der Waals surface area (Å²) in [7, 11) is 0. The van der Waals surface area contributed by atoms with Gasteiger partial charge < -0.3 is 20.0 Å². The Morgan fingerprint density at radius 2 is 2.25 bits per heavy atom. The Bertz CT molecular complexity index is 478. The van der Waals surface area contributed by atoms with Crippen LogP contribution < -0.4 is 10.6 Å². The molecule has 1 aromatic heterocycles. The van der Waals surface area contributed by atoms with E-state index >= 15 is 0 Å². The standard InChI is InChI=1S/C13H20N4O3/c1-9-8-15-12(20-9)10(2)16-11(18)13(19)17-6-3-4-14-5-7-17/h8,10,14H,3-7H2,1-2H3,(H,16,18). The summed E-state index contributed by atoms with van der Waals surface area (Å²) in [6.45, 7) is 6.26. The number of rotatable bonds is 2. The summed E-state index contributed by atoms with van der Waals surface area (Å²) in [4.78, 5) is 29.6. The van der Waals surface area contributed by atoms with Crippen molar-refractivity contribution in [2.45, 2.75) is 26.3 Å². The lowest BCUT2D eigenvalue weighted by molar-refractivity contribution is -0.146. The molecule has 110 valence electrons. The van der Waals surface area contributed by atoms with Crippen LogP contribution in [0.2, 0.25) is 0 Å². The van der Waals surface area contributed by atoms with Crippen LogP contribution in [-0.4, -0.2) is 47.9 Å². The summed E-state index contributed by atoms with van der Waals surface area (Å²) in [5.41, 5.74) is 0. The van der Waals surface area contributed by atoms with E-state index in [0.29, 0.717) is 31.3 Å². The minimum atomic E-state index is -0.616. The highest BCUT2D eigenvalue weighted by atomic mass is 16.4. The zero-order valence-electron chi connectivity index (χ0n) is 11.8. The van der Waals surface area contributed by atoms with Crippen LogP contribution in [0, 0.1) is 6.92 Å². The van der Waals surface area contributed by atoms with Gasteiger partial charge in [0, 0.05) is 19.6 Å². The number of hydrogen-bond donors (Lipinski definition) is 2. The van der Waals surface area contributed by atoms with Gasteiger partial charge in [0.1, 0.15) is 11.8 Å². The summed E-state index contributed by atoms with van der Waals surface area (Å²) in [6.07, 6.45) is 2.44. The SMILES string of the molecule is Cc1cnc(C(C)NC(=O)C(=O)N2CCCNCC2)o1. The molecule has 7 heteroatoms. The first-order valence-electron chi connectivity index (χ1n) is 6.80. The van der Waals surface area contributed by atoms with E-state index in [1.165, 1.54) is 0 Å². The first-order valence-corrected chi connectivity index (χ1v) is 6.80. The maximum Gasteiger partial charge on any atom is 0.311 e. The number of aryl methyl sites for hydroxylation is 1. The van der Waals surface area contributed by atoms with E-state index in [-0.39, 0.29) is 0 Å². The van der Waals surface area contributed by atoms with Gasteiger partial charge in [0.15, 0.2) is 0 Å². The monoisotopic (exact) mass is 280 g/mol. The van der Waals surface area contributed by atoms with E-state index in [2.05, 4.69) is 15.6 Å². The molecule has 1 aromatic rings. The van der Waals surface area contributed by atoms with Gasteiger partial charge in [-0.25, -0.2) is 4.98 Å². The molecule has 0 aromatic carbocycles. The van der Waals surface area contributed by atoms with Gasteiger partial charge in [-0.1, -0.05) is 0 Å². The normalized spacial score (nSPS) is 17.4. The number of aromatic nitrogens is 1. The largest absolute Gasteiger partial charge is 0.444 e. The maximum atomic E-state index is 12.1. The first kappa shape index (κ1) is 14.5. The molecular formula is C13H20N4O3. The molecule has 0 aliphatic carbocycles. The van der Waals surface area contributed by atoms with Gasteiger partial charge in [-0.3, -0.25) is 9.59 Å². The Morgan fingerprint density at radius 3 is 2.95 bits per heavy atom. The van der Waals surface area contributed by atoms with Crippen LogP contribution in [0.3, 0.4) is 0 Å². The number of hydrogen-bond acceptors (Lipinski definition) is 5. The van der Waals surface area contributed by atoms with Crippen LogP contribution >= 0.6 is 0 Å². The predicted molar refractivity (Wildman–Crippen MR) is 71.9 cm³/mol. The zero-order valence-corrected chi connectivity index (χ0v) is 11.8. The number of carbonyl (C=O) groups is 2. The molecule has 1 atom stereocenters. The Hall–Kier alpha value is -1.89. The second-order valence-electron chi connectivity index (χ2n) is 4.90. The van der Waals surface area contributed by atoms with Gasteiger partial charge in [0.05, 0.1) is 6.20 Å². The van der Waals surface area contributed by atoms with E-state index in [0.717, 1.165) is 13.0 Å². The van der Waals surface area contributed by atoms with Crippen molar-refractivity contribution >= 4 is 11.8 Å². The number of nitrogens with one attached hydrogen (secondary N) is 2. The molecular weight excluding hydrogens is 260 g/mol. The van der Waals surface area contributed by atoms with Gasteiger partial charge >= 0.3 is 11.8 Å². The topological polar surface area (TPSA) is 87.5 Å². The molecule has 2 rings (SSSR count). The molecule has 1 fully saturated rings. The van der Waals surface area contributed by atoms with E-state index in [4.69, 9.17) is 4.42 Å². The average Bonchev–Trinajstić information content (AvgIpc) is 2.70. The highest BCUT2D eigenvalue weighted by Gasteiger charge is 2.25. The summed E-state index contributed by atoms with van der Waals surface area (Å²) in [5.74, 6) is -0.0358. The lowest BCUT2D eigenvalue weighted by Crippen LogP contribution is -2.45. The number of nitrogens with zero attached hydrogens (tertiary/aromatic N) is 2. The van der Waals surface area contributed by atoms with E-state index in [1.54, 1.807) is 24.9 Å². The summed E-state index contributed by atoms with van der Waals surface area (Å²) in [5, 5.41) is 5.81. The second-order valence-corrected chi connectivity index (χ2v) is 4.90. The molecule has 0 bridgehead atoms.